The summed E-state index contributed by atoms with van der Waals surface area (Å²) in [5, 5.41) is 3.24. The summed E-state index contributed by atoms with van der Waals surface area (Å²) in [6, 6.07) is -0.218. The minimum atomic E-state index is -4.56. The van der Waals surface area contributed by atoms with Crippen molar-refractivity contribution in [2.24, 2.45) is 0 Å². The Morgan fingerprint density at radius 2 is 2.00 bits per heavy atom. The quantitative estimate of drug-likeness (QED) is 0.632. The Kier molecular flexibility index (Phi) is 5.80. The molecule has 0 saturated carbocycles. The van der Waals surface area contributed by atoms with Crippen LogP contribution in [0.1, 0.15) is 19.2 Å². The van der Waals surface area contributed by atoms with Gasteiger partial charge in [-0.25, -0.2) is 29.7 Å². The Labute approximate surface area is 180 Å². The number of nitrogens with zero attached hydrogens (tertiary/aromatic N) is 7. The molecule has 1 amide bonds. The largest absolute Gasteiger partial charge is 0.440 e. The number of hydrogen-bond acceptors (Lipinski definition) is 8. The minimum Gasteiger partial charge on any atom is -0.440 e. The molecule has 1 aliphatic rings. The topological polar surface area (TPSA) is 111 Å². The van der Waals surface area contributed by atoms with Crippen LogP contribution in [0, 0.1) is 6.92 Å². The van der Waals surface area contributed by atoms with Crippen LogP contribution >= 0.6 is 0 Å². The average Bonchev–Trinajstić information content (AvgIpc) is 3.37. The zero-order valence-electron chi connectivity index (χ0n) is 17.4. The van der Waals surface area contributed by atoms with E-state index >= 15 is 0 Å². The highest BCUT2D eigenvalue weighted by molar-refractivity contribution is 5.86. The number of nitrogens with one attached hydrogen (secondary N) is 1. The lowest BCUT2D eigenvalue weighted by molar-refractivity contribution is -0.162. The van der Waals surface area contributed by atoms with Crippen molar-refractivity contribution in [3.63, 3.8) is 0 Å². The fraction of sp³-hybridized carbons (Fsp3) is 0.474. The maximum atomic E-state index is 12.3. The summed E-state index contributed by atoms with van der Waals surface area (Å²) in [6.45, 7) is 3.23. The zero-order chi connectivity index (χ0) is 22.9. The number of likely N-dealkylation sites (tertiary alicyclic amines) is 1. The number of halogens is 3. The van der Waals surface area contributed by atoms with Gasteiger partial charge in [0.05, 0.1) is 5.56 Å². The van der Waals surface area contributed by atoms with Crippen LogP contribution in [0.2, 0.25) is 0 Å². The van der Waals surface area contributed by atoms with E-state index in [2.05, 4.69) is 30.0 Å². The summed E-state index contributed by atoms with van der Waals surface area (Å²) >= 11 is 0. The molecule has 32 heavy (non-hydrogen) atoms. The van der Waals surface area contributed by atoms with E-state index in [1.54, 1.807) is 19.3 Å². The van der Waals surface area contributed by atoms with E-state index in [9.17, 15) is 18.0 Å². The fourth-order valence-electron chi connectivity index (χ4n) is 3.54. The van der Waals surface area contributed by atoms with E-state index in [-0.39, 0.29) is 19.1 Å². The van der Waals surface area contributed by atoms with Crippen molar-refractivity contribution in [2.45, 2.75) is 39.0 Å². The predicted octanol–water partition coefficient (Wildman–Crippen LogP) is 2.80. The molecular weight excluding hydrogens is 429 g/mol. The zero-order valence-corrected chi connectivity index (χ0v) is 17.4. The second-order valence-corrected chi connectivity index (χ2v) is 7.34. The number of imidazole rings is 1. The second kappa shape index (κ2) is 8.55. The van der Waals surface area contributed by atoms with E-state index in [0.717, 1.165) is 5.56 Å². The molecule has 4 heterocycles. The highest BCUT2D eigenvalue weighted by atomic mass is 19.4. The Bertz CT molecular complexity index is 1120. The molecule has 0 bridgehead atoms. The SMILES string of the molecule is CCn1c(-c2cnc(C)nc2)nc2c(NC3CCN(C(=O)OCC(F)(F)F)C3)ncnc21. The lowest BCUT2D eigenvalue weighted by atomic mass is 10.2. The Morgan fingerprint density at radius 3 is 2.69 bits per heavy atom. The number of carbonyl (C=O) groups is 1. The van der Waals surface area contributed by atoms with Gasteiger partial charge in [-0.2, -0.15) is 13.2 Å². The van der Waals surface area contributed by atoms with Gasteiger partial charge in [0.1, 0.15) is 18.0 Å². The molecule has 4 rings (SSSR count). The highest BCUT2D eigenvalue weighted by Gasteiger charge is 2.33. The Balaban J connectivity index is 1.53. The number of ether oxygens (including phenoxy) is 1. The van der Waals surface area contributed by atoms with Gasteiger partial charge in [0.15, 0.2) is 23.6 Å². The molecule has 1 atom stereocenters. The molecule has 170 valence electrons. The first kappa shape index (κ1) is 21.7. The van der Waals surface area contributed by atoms with Crippen LogP contribution in [-0.2, 0) is 11.3 Å². The second-order valence-electron chi connectivity index (χ2n) is 7.34. The Hall–Kier alpha value is -3.51. The van der Waals surface area contributed by atoms with Crippen molar-refractivity contribution < 1.29 is 22.7 Å². The summed E-state index contributed by atoms with van der Waals surface area (Å²) in [5.41, 5.74) is 1.91. The number of alkyl halides is 3. The van der Waals surface area contributed by atoms with Crippen molar-refractivity contribution in [3.05, 3.63) is 24.5 Å². The number of carbonyl (C=O) groups excluding carboxylic acids is 1. The van der Waals surface area contributed by atoms with Crippen molar-refractivity contribution in [1.82, 2.24) is 34.4 Å². The highest BCUT2D eigenvalue weighted by Crippen LogP contribution is 2.27. The molecule has 0 aliphatic carbocycles. The molecule has 1 aliphatic heterocycles. The molecule has 1 saturated heterocycles. The van der Waals surface area contributed by atoms with Gasteiger partial charge in [-0.3, -0.25) is 0 Å². The smallest absolute Gasteiger partial charge is 0.422 e. The molecule has 10 nitrogen and oxygen atoms in total. The molecule has 13 heteroatoms. The molecule has 0 radical (unpaired) electrons. The molecule has 1 unspecified atom stereocenters. The number of aryl methyl sites for hydroxylation is 2. The lowest BCUT2D eigenvalue weighted by Gasteiger charge is -2.17. The average molecular weight is 450 g/mol. The molecule has 3 aromatic rings. The minimum absolute atomic E-state index is 0.190. The summed E-state index contributed by atoms with van der Waals surface area (Å²) in [7, 11) is 0. The number of hydrogen-bond donors (Lipinski definition) is 1. The van der Waals surface area contributed by atoms with Crippen LogP contribution < -0.4 is 5.32 Å². The van der Waals surface area contributed by atoms with Gasteiger partial charge in [0, 0.05) is 38.1 Å². The van der Waals surface area contributed by atoms with Gasteiger partial charge < -0.3 is 19.5 Å². The van der Waals surface area contributed by atoms with Crippen molar-refractivity contribution in [3.8, 4) is 11.4 Å². The maximum Gasteiger partial charge on any atom is 0.422 e. The summed E-state index contributed by atoms with van der Waals surface area (Å²) in [6.07, 6.45) is -0.220. The summed E-state index contributed by atoms with van der Waals surface area (Å²) in [4.78, 5) is 34.9. The van der Waals surface area contributed by atoms with Gasteiger partial charge in [-0.15, -0.1) is 0 Å². The first-order valence-electron chi connectivity index (χ1n) is 10.0. The van der Waals surface area contributed by atoms with Crippen LogP contribution in [0.4, 0.5) is 23.8 Å². The first-order chi connectivity index (χ1) is 15.2. The van der Waals surface area contributed by atoms with E-state index in [4.69, 9.17) is 4.98 Å². The summed E-state index contributed by atoms with van der Waals surface area (Å²) < 4.78 is 43.1. The van der Waals surface area contributed by atoms with E-state index in [0.29, 0.717) is 41.6 Å². The molecule has 0 aromatic carbocycles. The number of rotatable bonds is 5. The molecule has 0 spiro atoms. The Morgan fingerprint density at radius 1 is 1.25 bits per heavy atom. The van der Waals surface area contributed by atoms with Crippen molar-refractivity contribution >= 4 is 23.1 Å². The number of fused-ring (bicyclic) bond motifs is 1. The number of anilines is 1. The van der Waals surface area contributed by atoms with Crippen LogP contribution in [0.3, 0.4) is 0 Å². The van der Waals surface area contributed by atoms with Gasteiger partial charge in [-0.05, 0) is 20.3 Å². The van der Waals surface area contributed by atoms with Gasteiger partial charge >= 0.3 is 12.3 Å². The standard InChI is InChI=1S/C19H21F3N8O2/c1-3-30-16(12-6-23-11(2)24-7-12)28-14-15(25-10-26-17(14)30)27-13-4-5-29(8-13)18(31)32-9-19(20,21)22/h6-7,10,13H,3-5,8-9H2,1-2H3,(H,25,26,27). The van der Waals surface area contributed by atoms with Gasteiger partial charge in [0.2, 0.25) is 0 Å². The van der Waals surface area contributed by atoms with Gasteiger partial charge in [-0.1, -0.05) is 0 Å². The maximum absolute atomic E-state index is 12.3. The normalized spacial score (nSPS) is 16.5. The number of amides is 1. The molecule has 1 fully saturated rings. The van der Waals surface area contributed by atoms with Gasteiger partial charge in [0.25, 0.3) is 0 Å². The van der Waals surface area contributed by atoms with Crippen molar-refractivity contribution in [1.29, 1.82) is 0 Å². The van der Waals surface area contributed by atoms with Crippen molar-refractivity contribution in [2.75, 3.05) is 25.0 Å². The van der Waals surface area contributed by atoms with Crippen LogP contribution in [0.5, 0.6) is 0 Å². The monoisotopic (exact) mass is 450 g/mol. The lowest BCUT2D eigenvalue weighted by Crippen LogP contribution is -2.34. The third kappa shape index (κ3) is 4.55. The molecule has 3 aromatic heterocycles. The first-order valence-corrected chi connectivity index (χ1v) is 10.0. The number of aromatic nitrogens is 6. The third-order valence-electron chi connectivity index (χ3n) is 5.03. The predicted molar refractivity (Wildman–Crippen MR) is 108 cm³/mol. The van der Waals surface area contributed by atoms with Crippen LogP contribution in [0.25, 0.3) is 22.6 Å². The van der Waals surface area contributed by atoms with Crippen LogP contribution in [0.15, 0.2) is 18.7 Å². The van der Waals surface area contributed by atoms with E-state index in [1.165, 1.54) is 11.2 Å². The van der Waals surface area contributed by atoms with E-state index in [1.807, 2.05) is 11.5 Å². The fourth-order valence-corrected chi connectivity index (χ4v) is 3.54. The summed E-state index contributed by atoms with van der Waals surface area (Å²) in [5.74, 6) is 1.77. The van der Waals surface area contributed by atoms with E-state index < -0.39 is 18.9 Å². The third-order valence-corrected chi connectivity index (χ3v) is 5.03. The molecule has 1 N–H and O–H groups in total. The van der Waals surface area contributed by atoms with Crippen LogP contribution in [-0.4, -0.2) is 72.4 Å². The molecular formula is C19H21F3N8O2.